The molecule has 2 atom stereocenters. The molecule has 15 heavy (non-hydrogen) atoms. The molecule has 0 aliphatic heterocycles. The lowest BCUT2D eigenvalue weighted by atomic mass is 9.87. The predicted molar refractivity (Wildman–Crippen MR) is 57.5 cm³/mol. The number of ketones is 1. The summed E-state index contributed by atoms with van der Waals surface area (Å²) in [5.41, 5.74) is 0. The molecule has 1 aliphatic carbocycles. The summed E-state index contributed by atoms with van der Waals surface area (Å²) in [5.74, 6) is 0.201. The standard InChI is InChI=1S/C12H20O3/c1-8(2)3-5-10-9(7-12(14)15)4-6-11(10)13/h8-10H,3-7H2,1-2H3,(H,14,15). The molecule has 1 N–H and O–H groups in total. The molecule has 3 nitrogen and oxygen atoms in total. The van der Waals surface area contributed by atoms with E-state index in [0.717, 1.165) is 19.3 Å². The Kier molecular flexibility index (Phi) is 4.30. The van der Waals surface area contributed by atoms with Crippen molar-refractivity contribution in [3.63, 3.8) is 0 Å². The normalized spacial score (nSPS) is 26.2. The van der Waals surface area contributed by atoms with Crippen LogP contribution in [-0.2, 0) is 9.59 Å². The largest absolute Gasteiger partial charge is 0.481 e. The molecule has 2 unspecified atom stereocenters. The van der Waals surface area contributed by atoms with Crippen LogP contribution in [0.25, 0.3) is 0 Å². The molecule has 1 saturated carbocycles. The van der Waals surface area contributed by atoms with Gasteiger partial charge in [-0.2, -0.15) is 0 Å². The van der Waals surface area contributed by atoms with Crippen molar-refractivity contribution in [2.24, 2.45) is 17.8 Å². The van der Waals surface area contributed by atoms with Crippen LogP contribution in [0.15, 0.2) is 0 Å². The van der Waals surface area contributed by atoms with Gasteiger partial charge in [0.1, 0.15) is 5.78 Å². The minimum Gasteiger partial charge on any atom is -0.481 e. The summed E-state index contributed by atoms with van der Waals surface area (Å²) >= 11 is 0. The van der Waals surface area contributed by atoms with Crippen molar-refractivity contribution in [3.05, 3.63) is 0 Å². The molecule has 0 radical (unpaired) electrons. The van der Waals surface area contributed by atoms with Gasteiger partial charge in [0.2, 0.25) is 0 Å². The second kappa shape index (κ2) is 5.29. The lowest BCUT2D eigenvalue weighted by Gasteiger charge is -2.17. The van der Waals surface area contributed by atoms with Crippen LogP contribution in [-0.4, -0.2) is 16.9 Å². The Bertz CT molecular complexity index is 245. The summed E-state index contributed by atoms with van der Waals surface area (Å²) in [6, 6.07) is 0. The number of aliphatic carboxylic acids is 1. The molecule has 0 aromatic carbocycles. The molecule has 0 amide bonds. The van der Waals surface area contributed by atoms with E-state index in [-0.39, 0.29) is 24.0 Å². The monoisotopic (exact) mass is 212 g/mol. The Labute approximate surface area is 90.9 Å². The Morgan fingerprint density at radius 2 is 2.20 bits per heavy atom. The third-order valence-electron chi connectivity index (χ3n) is 3.24. The molecular weight excluding hydrogens is 192 g/mol. The number of carboxylic acids is 1. The van der Waals surface area contributed by atoms with Gasteiger partial charge in [0.05, 0.1) is 0 Å². The fourth-order valence-electron chi connectivity index (χ4n) is 2.36. The Morgan fingerprint density at radius 3 is 2.73 bits per heavy atom. The summed E-state index contributed by atoms with van der Waals surface area (Å²) in [7, 11) is 0. The summed E-state index contributed by atoms with van der Waals surface area (Å²) in [6.45, 7) is 4.26. The first-order chi connectivity index (χ1) is 7.00. The Morgan fingerprint density at radius 1 is 1.53 bits per heavy atom. The molecular formula is C12H20O3. The highest BCUT2D eigenvalue weighted by molar-refractivity contribution is 5.84. The molecule has 0 bridgehead atoms. The fourth-order valence-corrected chi connectivity index (χ4v) is 2.36. The van der Waals surface area contributed by atoms with Crippen molar-refractivity contribution in [3.8, 4) is 0 Å². The van der Waals surface area contributed by atoms with E-state index in [1.165, 1.54) is 0 Å². The highest BCUT2D eigenvalue weighted by Crippen LogP contribution is 2.35. The number of hydrogen-bond acceptors (Lipinski definition) is 2. The van der Waals surface area contributed by atoms with E-state index in [9.17, 15) is 9.59 Å². The SMILES string of the molecule is CC(C)CCC1C(=O)CCC1CC(=O)O. The third-order valence-corrected chi connectivity index (χ3v) is 3.24. The van der Waals surface area contributed by atoms with Crippen LogP contribution in [0.3, 0.4) is 0 Å². The van der Waals surface area contributed by atoms with Gasteiger partial charge in [0.25, 0.3) is 0 Å². The lowest BCUT2D eigenvalue weighted by molar-refractivity contribution is -0.138. The van der Waals surface area contributed by atoms with Gasteiger partial charge in [0.15, 0.2) is 0 Å². The number of carbonyl (C=O) groups is 2. The first-order valence-corrected chi connectivity index (χ1v) is 5.75. The van der Waals surface area contributed by atoms with Crippen LogP contribution in [0.2, 0.25) is 0 Å². The van der Waals surface area contributed by atoms with E-state index < -0.39 is 5.97 Å². The molecule has 1 rings (SSSR count). The van der Waals surface area contributed by atoms with E-state index in [2.05, 4.69) is 13.8 Å². The van der Waals surface area contributed by atoms with Crippen LogP contribution in [0.4, 0.5) is 0 Å². The molecule has 86 valence electrons. The molecule has 0 aromatic rings. The smallest absolute Gasteiger partial charge is 0.303 e. The fraction of sp³-hybridized carbons (Fsp3) is 0.833. The highest BCUT2D eigenvalue weighted by Gasteiger charge is 2.35. The van der Waals surface area contributed by atoms with Crippen molar-refractivity contribution in [2.45, 2.75) is 46.0 Å². The van der Waals surface area contributed by atoms with Crippen LogP contribution in [0.1, 0.15) is 46.0 Å². The second-order valence-corrected chi connectivity index (χ2v) is 4.94. The van der Waals surface area contributed by atoms with Crippen LogP contribution in [0.5, 0.6) is 0 Å². The highest BCUT2D eigenvalue weighted by atomic mass is 16.4. The number of carbonyl (C=O) groups excluding carboxylic acids is 1. The van der Waals surface area contributed by atoms with Crippen LogP contribution < -0.4 is 0 Å². The van der Waals surface area contributed by atoms with E-state index in [4.69, 9.17) is 5.11 Å². The molecule has 1 aliphatic rings. The molecule has 0 spiro atoms. The van der Waals surface area contributed by atoms with Crippen LogP contribution in [0, 0.1) is 17.8 Å². The van der Waals surface area contributed by atoms with E-state index in [1.807, 2.05) is 0 Å². The molecule has 3 heteroatoms. The van der Waals surface area contributed by atoms with Crippen molar-refractivity contribution in [1.29, 1.82) is 0 Å². The van der Waals surface area contributed by atoms with Crippen LogP contribution >= 0.6 is 0 Å². The Balaban J connectivity index is 2.49. The minimum absolute atomic E-state index is 0.0171. The van der Waals surface area contributed by atoms with E-state index in [0.29, 0.717) is 12.3 Å². The first-order valence-electron chi connectivity index (χ1n) is 5.75. The van der Waals surface area contributed by atoms with Gasteiger partial charge in [-0.15, -0.1) is 0 Å². The zero-order valence-electron chi connectivity index (χ0n) is 9.53. The summed E-state index contributed by atoms with van der Waals surface area (Å²) in [5, 5.41) is 8.74. The van der Waals surface area contributed by atoms with Gasteiger partial charge in [-0.25, -0.2) is 0 Å². The zero-order chi connectivity index (χ0) is 11.4. The maximum absolute atomic E-state index is 11.6. The number of rotatable bonds is 5. The number of Topliss-reactive ketones (excluding diaryl/α,β-unsaturated/α-hetero) is 1. The maximum atomic E-state index is 11.6. The van der Waals surface area contributed by atoms with Crippen molar-refractivity contribution in [2.75, 3.05) is 0 Å². The predicted octanol–water partition coefficient (Wildman–Crippen LogP) is 2.49. The summed E-state index contributed by atoms with van der Waals surface area (Å²) in [4.78, 5) is 22.2. The van der Waals surface area contributed by atoms with E-state index >= 15 is 0 Å². The Hall–Kier alpha value is -0.860. The van der Waals surface area contributed by atoms with Gasteiger partial charge >= 0.3 is 5.97 Å². The minimum atomic E-state index is -0.774. The third kappa shape index (κ3) is 3.65. The summed E-state index contributed by atoms with van der Waals surface area (Å²) < 4.78 is 0. The molecule has 0 saturated heterocycles. The zero-order valence-corrected chi connectivity index (χ0v) is 9.53. The number of hydrogen-bond donors (Lipinski definition) is 1. The molecule has 0 aromatic heterocycles. The summed E-state index contributed by atoms with van der Waals surface area (Å²) in [6.07, 6.45) is 3.41. The quantitative estimate of drug-likeness (QED) is 0.761. The first kappa shape index (κ1) is 12.2. The second-order valence-electron chi connectivity index (χ2n) is 4.94. The lowest BCUT2D eigenvalue weighted by Crippen LogP contribution is -2.18. The van der Waals surface area contributed by atoms with Crippen molar-refractivity contribution in [1.82, 2.24) is 0 Å². The van der Waals surface area contributed by atoms with Crippen molar-refractivity contribution >= 4 is 11.8 Å². The van der Waals surface area contributed by atoms with E-state index in [1.54, 1.807) is 0 Å². The van der Waals surface area contributed by atoms with Gasteiger partial charge in [-0.1, -0.05) is 20.3 Å². The van der Waals surface area contributed by atoms with Gasteiger partial charge in [-0.05, 0) is 24.7 Å². The maximum Gasteiger partial charge on any atom is 0.303 e. The molecule has 1 fully saturated rings. The van der Waals surface area contributed by atoms with Gasteiger partial charge < -0.3 is 5.11 Å². The van der Waals surface area contributed by atoms with Gasteiger partial charge in [0, 0.05) is 18.8 Å². The topological polar surface area (TPSA) is 54.4 Å². The molecule has 0 heterocycles. The average Bonchev–Trinajstić information content (AvgIpc) is 2.43. The number of carboxylic acid groups (broad SMARTS) is 1. The van der Waals surface area contributed by atoms with Crippen molar-refractivity contribution < 1.29 is 14.7 Å². The van der Waals surface area contributed by atoms with Gasteiger partial charge in [-0.3, -0.25) is 9.59 Å². The average molecular weight is 212 g/mol.